The number of amides is 1. The normalized spacial score (nSPS) is 11.6. The fourth-order valence-electron chi connectivity index (χ4n) is 1.52. The largest absolute Gasteiger partial charge is 0.326 e. The van der Waals surface area contributed by atoms with Crippen molar-refractivity contribution in [1.82, 2.24) is 4.31 Å². The number of benzene rings is 1. The SMILES string of the molecule is CN(C)S(=O)(=O)c1ccc(NC(=O)CCCCBr)cc1. The van der Waals surface area contributed by atoms with Crippen molar-refractivity contribution in [3.05, 3.63) is 24.3 Å². The molecule has 0 atom stereocenters. The van der Waals surface area contributed by atoms with E-state index >= 15 is 0 Å². The van der Waals surface area contributed by atoms with Crippen LogP contribution in [0.3, 0.4) is 0 Å². The molecule has 1 N–H and O–H groups in total. The molecule has 0 aliphatic heterocycles. The van der Waals surface area contributed by atoms with Crippen LogP contribution in [0.2, 0.25) is 0 Å². The fourth-order valence-corrected chi connectivity index (χ4v) is 2.82. The lowest BCUT2D eigenvalue weighted by atomic mass is 10.2. The molecule has 0 fully saturated rings. The van der Waals surface area contributed by atoms with Gasteiger partial charge in [-0.15, -0.1) is 0 Å². The van der Waals surface area contributed by atoms with Gasteiger partial charge in [0.1, 0.15) is 0 Å². The first-order valence-corrected chi connectivity index (χ1v) is 8.82. The van der Waals surface area contributed by atoms with Crippen molar-refractivity contribution in [3.63, 3.8) is 0 Å². The van der Waals surface area contributed by atoms with E-state index in [0.29, 0.717) is 12.1 Å². The van der Waals surface area contributed by atoms with E-state index in [1.54, 1.807) is 12.1 Å². The lowest BCUT2D eigenvalue weighted by Gasteiger charge is -2.12. The topological polar surface area (TPSA) is 66.5 Å². The number of alkyl halides is 1. The Hall–Kier alpha value is -0.920. The van der Waals surface area contributed by atoms with Crippen LogP contribution in [0, 0.1) is 0 Å². The van der Waals surface area contributed by atoms with E-state index in [2.05, 4.69) is 21.2 Å². The molecule has 1 aromatic rings. The van der Waals surface area contributed by atoms with Gasteiger partial charge in [0.15, 0.2) is 0 Å². The van der Waals surface area contributed by atoms with Gasteiger partial charge < -0.3 is 5.32 Å². The van der Waals surface area contributed by atoms with Crippen molar-refractivity contribution in [3.8, 4) is 0 Å². The highest BCUT2D eigenvalue weighted by atomic mass is 79.9. The van der Waals surface area contributed by atoms with Crippen LogP contribution in [0.15, 0.2) is 29.2 Å². The van der Waals surface area contributed by atoms with E-state index in [9.17, 15) is 13.2 Å². The minimum Gasteiger partial charge on any atom is -0.326 e. The Morgan fingerprint density at radius 2 is 1.80 bits per heavy atom. The Morgan fingerprint density at radius 3 is 2.30 bits per heavy atom. The summed E-state index contributed by atoms with van der Waals surface area (Å²) < 4.78 is 24.9. The Labute approximate surface area is 128 Å². The first-order chi connectivity index (χ1) is 9.37. The Bertz CT molecular complexity index is 541. The zero-order valence-corrected chi connectivity index (χ0v) is 14.0. The summed E-state index contributed by atoms with van der Waals surface area (Å²) in [6.45, 7) is 0. The van der Waals surface area contributed by atoms with Crippen molar-refractivity contribution < 1.29 is 13.2 Å². The van der Waals surface area contributed by atoms with Gasteiger partial charge in [-0.3, -0.25) is 4.79 Å². The highest BCUT2D eigenvalue weighted by Gasteiger charge is 2.16. The van der Waals surface area contributed by atoms with E-state index < -0.39 is 10.0 Å². The van der Waals surface area contributed by atoms with Gasteiger partial charge in [0, 0.05) is 31.5 Å². The summed E-state index contributed by atoms with van der Waals surface area (Å²) in [6, 6.07) is 6.17. The molecule has 0 unspecified atom stereocenters. The summed E-state index contributed by atoms with van der Waals surface area (Å²) in [6.07, 6.45) is 2.24. The standard InChI is InChI=1S/C13H19BrN2O3S/c1-16(2)20(18,19)12-8-6-11(7-9-12)15-13(17)5-3-4-10-14/h6-9H,3-5,10H2,1-2H3,(H,15,17). The lowest BCUT2D eigenvalue weighted by molar-refractivity contribution is -0.116. The van der Waals surface area contributed by atoms with Crippen molar-refractivity contribution in [2.24, 2.45) is 0 Å². The molecular formula is C13H19BrN2O3S. The average molecular weight is 363 g/mol. The maximum atomic E-state index is 11.9. The monoisotopic (exact) mass is 362 g/mol. The molecule has 112 valence electrons. The van der Waals surface area contributed by atoms with Crippen LogP contribution in [-0.2, 0) is 14.8 Å². The number of nitrogens with one attached hydrogen (secondary N) is 1. The summed E-state index contributed by atoms with van der Waals surface area (Å²) in [5.41, 5.74) is 0.603. The second-order valence-corrected chi connectivity index (χ2v) is 7.45. The van der Waals surface area contributed by atoms with Gasteiger partial charge in [-0.1, -0.05) is 15.9 Å². The Morgan fingerprint density at radius 1 is 1.20 bits per heavy atom. The molecule has 0 saturated heterocycles. The molecule has 0 saturated carbocycles. The average Bonchev–Trinajstić information content (AvgIpc) is 2.39. The van der Waals surface area contributed by atoms with Gasteiger partial charge >= 0.3 is 0 Å². The van der Waals surface area contributed by atoms with Crippen LogP contribution in [0.25, 0.3) is 0 Å². The van der Waals surface area contributed by atoms with Gasteiger partial charge in [0.25, 0.3) is 0 Å². The number of carbonyl (C=O) groups is 1. The minimum absolute atomic E-state index is 0.0610. The molecule has 0 radical (unpaired) electrons. The van der Waals surface area contributed by atoms with Gasteiger partial charge in [-0.2, -0.15) is 0 Å². The molecule has 20 heavy (non-hydrogen) atoms. The van der Waals surface area contributed by atoms with Crippen LogP contribution in [0.4, 0.5) is 5.69 Å². The van der Waals surface area contributed by atoms with Gasteiger partial charge in [-0.05, 0) is 37.1 Å². The number of hydrogen-bond acceptors (Lipinski definition) is 3. The third kappa shape index (κ3) is 4.88. The predicted octanol–water partition coefficient (Wildman–Crippen LogP) is 2.44. The minimum atomic E-state index is -3.42. The molecule has 0 bridgehead atoms. The molecule has 5 nitrogen and oxygen atoms in total. The second-order valence-electron chi connectivity index (χ2n) is 4.51. The first kappa shape index (κ1) is 17.1. The summed E-state index contributed by atoms with van der Waals surface area (Å²) >= 11 is 3.31. The van der Waals surface area contributed by atoms with E-state index in [4.69, 9.17) is 0 Å². The summed E-state index contributed by atoms with van der Waals surface area (Å²) in [7, 11) is -0.462. The first-order valence-electron chi connectivity index (χ1n) is 6.26. The second kappa shape index (κ2) is 7.75. The third-order valence-corrected chi connectivity index (χ3v) is 5.09. The van der Waals surface area contributed by atoms with Gasteiger partial charge in [0.2, 0.25) is 15.9 Å². The van der Waals surface area contributed by atoms with Crippen LogP contribution in [-0.4, -0.2) is 38.1 Å². The van der Waals surface area contributed by atoms with Crippen molar-refractivity contribution in [2.75, 3.05) is 24.7 Å². The van der Waals surface area contributed by atoms with Crippen molar-refractivity contribution in [2.45, 2.75) is 24.2 Å². The summed E-state index contributed by atoms with van der Waals surface area (Å²) in [5, 5.41) is 3.63. The number of anilines is 1. The van der Waals surface area contributed by atoms with E-state index in [-0.39, 0.29) is 10.8 Å². The van der Waals surface area contributed by atoms with E-state index in [1.807, 2.05) is 0 Å². The quantitative estimate of drug-likeness (QED) is 0.598. The van der Waals surface area contributed by atoms with Crippen molar-refractivity contribution >= 4 is 37.5 Å². The molecule has 0 aliphatic rings. The molecule has 0 aliphatic carbocycles. The molecule has 0 heterocycles. The molecule has 1 rings (SSSR count). The fraction of sp³-hybridized carbons (Fsp3) is 0.462. The van der Waals surface area contributed by atoms with Crippen LogP contribution >= 0.6 is 15.9 Å². The summed E-state index contributed by atoms with van der Waals surface area (Å²) in [5.74, 6) is -0.0610. The zero-order chi connectivity index (χ0) is 15.2. The molecule has 0 spiro atoms. The predicted molar refractivity (Wildman–Crippen MR) is 83.6 cm³/mol. The number of sulfonamides is 1. The maximum absolute atomic E-state index is 11.9. The van der Waals surface area contributed by atoms with Crippen LogP contribution < -0.4 is 5.32 Å². The maximum Gasteiger partial charge on any atom is 0.242 e. The Balaban J connectivity index is 2.66. The number of unbranched alkanes of at least 4 members (excludes halogenated alkanes) is 1. The van der Waals surface area contributed by atoms with Crippen LogP contribution in [0.5, 0.6) is 0 Å². The van der Waals surface area contributed by atoms with Gasteiger partial charge in [0.05, 0.1) is 4.90 Å². The number of nitrogens with zero attached hydrogens (tertiary/aromatic N) is 1. The molecule has 7 heteroatoms. The van der Waals surface area contributed by atoms with Crippen LogP contribution in [0.1, 0.15) is 19.3 Å². The third-order valence-electron chi connectivity index (χ3n) is 2.70. The Kier molecular flexibility index (Phi) is 6.64. The number of carbonyl (C=O) groups excluding carboxylic acids is 1. The van der Waals surface area contributed by atoms with E-state index in [0.717, 1.165) is 22.5 Å². The molecule has 1 aromatic carbocycles. The number of halogens is 1. The smallest absolute Gasteiger partial charge is 0.242 e. The zero-order valence-electron chi connectivity index (χ0n) is 11.6. The molecular weight excluding hydrogens is 344 g/mol. The lowest BCUT2D eigenvalue weighted by Crippen LogP contribution is -2.22. The highest BCUT2D eigenvalue weighted by molar-refractivity contribution is 9.09. The van der Waals surface area contributed by atoms with E-state index in [1.165, 1.54) is 26.2 Å². The summed E-state index contributed by atoms with van der Waals surface area (Å²) in [4.78, 5) is 11.8. The molecule has 0 aromatic heterocycles. The van der Waals surface area contributed by atoms with Crippen molar-refractivity contribution in [1.29, 1.82) is 0 Å². The highest BCUT2D eigenvalue weighted by Crippen LogP contribution is 2.16. The number of rotatable bonds is 7. The molecule has 1 amide bonds. The van der Waals surface area contributed by atoms with Gasteiger partial charge in [-0.25, -0.2) is 12.7 Å². The number of hydrogen-bond donors (Lipinski definition) is 1.